The van der Waals surface area contributed by atoms with Gasteiger partial charge in [0.1, 0.15) is 11.4 Å². The molecular weight excluding hydrogens is 282 g/mol. The second-order valence-electron chi connectivity index (χ2n) is 5.68. The SMILES string of the molecule is CC(C)(C)OC(=O)NC(CN)Cc1cc(F)cc(F)c1O. The number of benzene rings is 1. The molecular formula is C14H20F2N2O3. The number of carbonyl (C=O) groups is 1. The summed E-state index contributed by atoms with van der Waals surface area (Å²) in [6.07, 6.45) is -0.703. The minimum absolute atomic E-state index is 0.0176. The fourth-order valence-corrected chi connectivity index (χ4v) is 1.71. The first kappa shape index (κ1) is 17.2. The predicted molar refractivity (Wildman–Crippen MR) is 73.9 cm³/mol. The quantitative estimate of drug-likeness (QED) is 0.795. The molecule has 0 spiro atoms. The molecule has 0 aromatic heterocycles. The molecule has 7 heteroatoms. The van der Waals surface area contributed by atoms with Crippen LogP contribution in [0.4, 0.5) is 13.6 Å². The largest absolute Gasteiger partial charge is 0.505 e. The maximum Gasteiger partial charge on any atom is 0.407 e. The summed E-state index contributed by atoms with van der Waals surface area (Å²) in [5.41, 5.74) is 4.88. The zero-order valence-corrected chi connectivity index (χ0v) is 12.2. The van der Waals surface area contributed by atoms with Crippen molar-refractivity contribution in [2.24, 2.45) is 5.73 Å². The van der Waals surface area contributed by atoms with E-state index in [9.17, 15) is 18.7 Å². The Morgan fingerprint density at radius 2 is 2.05 bits per heavy atom. The zero-order chi connectivity index (χ0) is 16.2. The van der Waals surface area contributed by atoms with E-state index in [1.54, 1.807) is 20.8 Å². The number of hydrogen-bond donors (Lipinski definition) is 3. The molecule has 0 fully saturated rings. The van der Waals surface area contributed by atoms with E-state index in [0.717, 1.165) is 6.07 Å². The molecule has 0 bridgehead atoms. The summed E-state index contributed by atoms with van der Waals surface area (Å²) in [4.78, 5) is 11.6. The van der Waals surface area contributed by atoms with Gasteiger partial charge in [-0.3, -0.25) is 0 Å². The van der Waals surface area contributed by atoms with E-state index in [2.05, 4.69) is 5.32 Å². The van der Waals surface area contributed by atoms with Gasteiger partial charge < -0.3 is 20.9 Å². The summed E-state index contributed by atoms with van der Waals surface area (Å²) >= 11 is 0. The Bertz CT molecular complexity index is 516. The average Bonchev–Trinajstić information content (AvgIpc) is 2.31. The summed E-state index contributed by atoms with van der Waals surface area (Å²) in [6, 6.07) is 0.960. The minimum atomic E-state index is -1.06. The van der Waals surface area contributed by atoms with Crippen LogP contribution in [0.25, 0.3) is 0 Å². The summed E-state index contributed by atoms with van der Waals surface area (Å²) < 4.78 is 31.5. The number of ether oxygens (including phenoxy) is 1. The lowest BCUT2D eigenvalue weighted by Crippen LogP contribution is -2.44. The highest BCUT2D eigenvalue weighted by molar-refractivity contribution is 5.68. The molecule has 0 saturated carbocycles. The number of rotatable bonds is 4. The first-order valence-corrected chi connectivity index (χ1v) is 6.49. The van der Waals surface area contributed by atoms with Crippen LogP contribution in [0.3, 0.4) is 0 Å². The molecule has 0 radical (unpaired) electrons. The summed E-state index contributed by atoms with van der Waals surface area (Å²) in [6.45, 7) is 5.14. The Morgan fingerprint density at radius 3 is 2.57 bits per heavy atom. The third-order valence-electron chi connectivity index (χ3n) is 2.58. The van der Waals surface area contributed by atoms with Gasteiger partial charge in [-0.05, 0) is 33.3 Å². The fourth-order valence-electron chi connectivity index (χ4n) is 1.71. The van der Waals surface area contributed by atoms with Crippen LogP contribution in [0.2, 0.25) is 0 Å². The van der Waals surface area contributed by atoms with Gasteiger partial charge in [-0.15, -0.1) is 0 Å². The molecule has 0 aliphatic heterocycles. The van der Waals surface area contributed by atoms with Gasteiger partial charge in [0.15, 0.2) is 11.6 Å². The van der Waals surface area contributed by atoms with Gasteiger partial charge in [0.25, 0.3) is 0 Å². The van der Waals surface area contributed by atoms with Gasteiger partial charge in [0.2, 0.25) is 0 Å². The number of nitrogens with one attached hydrogen (secondary N) is 1. The van der Waals surface area contributed by atoms with Crippen LogP contribution in [0.5, 0.6) is 5.75 Å². The molecule has 0 aliphatic rings. The number of carbonyl (C=O) groups excluding carboxylic acids is 1. The van der Waals surface area contributed by atoms with Crippen LogP contribution in [0, 0.1) is 11.6 Å². The Labute approximate surface area is 122 Å². The van der Waals surface area contributed by atoms with Crippen molar-refractivity contribution in [3.05, 3.63) is 29.3 Å². The number of hydrogen-bond acceptors (Lipinski definition) is 4. The van der Waals surface area contributed by atoms with E-state index < -0.39 is 35.1 Å². The highest BCUT2D eigenvalue weighted by atomic mass is 19.1. The minimum Gasteiger partial charge on any atom is -0.505 e. The fraction of sp³-hybridized carbons (Fsp3) is 0.500. The summed E-state index contributed by atoms with van der Waals surface area (Å²) in [5.74, 6) is -2.52. The molecule has 1 amide bonds. The average molecular weight is 302 g/mol. The first-order valence-electron chi connectivity index (χ1n) is 6.49. The second-order valence-corrected chi connectivity index (χ2v) is 5.68. The van der Waals surface area contributed by atoms with E-state index in [0.29, 0.717) is 6.07 Å². The van der Waals surface area contributed by atoms with Crippen molar-refractivity contribution in [1.29, 1.82) is 0 Å². The van der Waals surface area contributed by atoms with Gasteiger partial charge in [-0.25, -0.2) is 13.6 Å². The molecule has 1 unspecified atom stereocenters. The lowest BCUT2D eigenvalue weighted by Gasteiger charge is -2.23. The topological polar surface area (TPSA) is 84.6 Å². The number of alkyl carbamates (subject to hydrolysis) is 1. The van der Waals surface area contributed by atoms with Gasteiger partial charge in [-0.2, -0.15) is 0 Å². The maximum atomic E-state index is 13.2. The number of aromatic hydroxyl groups is 1. The van der Waals surface area contributed by atoms with Crippen LogP contribution in [-0.4, -0.2) is 29.4 Å². The number of phenolic OH excluding ortho intramolecular Hbond substituents is 1. The molecule has 21 heavy (non-hydrogen) atoms. The van der Waals surface area contributed by atoms with E-state index in [1.165, 1.54) is 0 Å². The third-order valence-corrected chi connectivity index (χ3v) is 2.58. The highest BCUT2D eigenvalue weighted by Gasteiger charge is 2.20. The smallest absolute Gasteiger partial charge is 0.407 e. The second kappa shape index (κ2) is 6.71. The molecule has 1 aromatic carbocycles. The van der Waals surface area contributed by atoms with E-state index in [-0.39, 0.29) is 18.5 Å². The number of phenols is 1. The molecule has 0 heterocycles. The zero-order valence-electron chi connectivity index (χ0n) is 12.2. The Kier molecular flexibility index (Phi) is 5.48. The lowest BCUT2D eigenvalue weighted by molar-refractivity contribution is 0.0505. The predicted octanol–water partition coefficient (Wildman–Crippen LogP) is 2.06. The van der Waals surface area contributed by atoms with Crippen molar-refractivity contribution >= 4 is 6.09 Å². The van der Waals surface area contributed by atoms with Crippen LogP contribution in [0.1, 0.15) is 26.3 Å². The first-order chi connectivity index (χ1) is 9.62. The third kappa shape index (κ3) is 5.55. The monoisotopic (exact) mass is 302 g/mol. The standard InChI is InChI=1S/C14H20F2N2O3/c1-14(2,3)21-13(20)18-10(7-17)5-8-4-9(15)6-11(16)12(8)19/h4,6,10,19H,5,7,17H2,1-3H3,(H,18,20). The molecule has 0 saturated heterocycles. The maximum absolute atomic E-state index is 13.2. The lowest BCUT2D eigenvalue weighted by atomic mass is 10.0. The van der Waals surface area contributed by atoms with Crippen LogP contribution < -0.4 is 11.1 Å². The highest BCUT2D eigenvalue weighted by Crippen LogP contribution is 2.23. The van der Waals surface area contributed by atoms with Crippen LogP contribution >= 0.6 is 0 Å². The van der Waals surface area contributed by atoms with Crippen molar-refractivity contribution in [3.63, 3.8) is 0 Å². The molecule has 4 N–H and O–H groups in total. The summed E-state index contributed by atoms with van der Waals surface area (Å²) in [7, 11) is 0. The summed E-state index contributed by atoms with van der Waals surface area (Å²) in [5, 5.41) is 12.1. The molecule has 1 rings (SSSR count). The molecule has 1 atom stereocenters. The van der Waals surface area contributed by atoms with Crippen molar-refractivity contribution in [3.8, 4) is 5.75 Å². The van der Waals surface area contributed by atoms with Gasteiger partial charge >= 0.3 is 6.09 Å². The van der Waals surface area contributed by atoms with E-state index in [4.69, 9.17) is 10.5 Å². The number of nitrogens with two attached hydrogens (primary N) is 1. The van der Waals surface area contributed by atoms with Crippen LogP contribution in [-0.2, 0) is 11.2 Å². The van der Waals surface area contributed by atoms with Gasteiger partial charge in [0, 0.05) is 24.2 Å². The Hall–Kier alpha value is -1.89. The molecule has 118 valence electrons. The Balaban J connectivity index is 2.77. The number of amides is 1. The normalized spacial score (nSPS) is 12.9. The van der Waals surface area contributed by atoms with Crippen molar-refractivity contribution in [1.82, 2.24) is 5.32 Å². The van der Waals surface area contributed by atoms with Crippen molar-refractivity contribution in [2.45, 2.75) is 38.8 Å². The van der Waals surface area contributed by atoms with Gasteiger partial charge in [0.05, 0.1) is 0 Å². The van der Waals surface area contributed by atoms with Crippen molar-refractivity contribution < 1.29 is 23.4 Å². The van der Waals surface area contributed by atoms with Crippen LogP contribution in [0.15, 0.2) is 12.1 Å². The van der Waals surface area contributed by atoms with E-state index in [1.807, 2.05) is 0 Å². The van der Waals surface area contributed by atoms with Crippen molar-refractivity contribution in [2.75, 3.05) is 6.54 Å². The number of halogens is 2. The van der Waals surface area contributed by atoms with E-state index >= 15 is 0 Å². The molecule has 5 nitrogen and oxygen atoms in total. The Morgan fingerprint density at radius 1 is 1.43 bits per heavy atom. The molecule has 0 aliphatic carbocycles. The molecule has 1 aromatic rings. The van der Waals surface area contributed by atoms with Gasteiger partial charge in [-0.1, -0.05) is 0 Å².